The maximum Gasteiger partial charge on any atom is 0.0645 e. The first kappa shape index (κ1) is 27.5. The molecule has 13 rings (SSSR count). The molecular formula is C62H40N2. The average Bonchev–Trinajstić information content (AvgIpc) is 3.44. The molecule has 0 N–H and O–H groups in total. The highest BCUT2D eigenvalue weighted by Gasteiger charge is 2.20. The molecule has 2 nitrogen and oxygen atoms in total. The van der Waals surface area contributed by atoms with Crippen molar-refractivity contribution in [3.63, 3.8) is 0 Å². The van der Waals surface area contributed by atoms with E-state index in [1.165, 1.54) is 0 Å². The number of hydrogen-bond donors (Lipinski definition) is 0. The van der Waals surface area contributed by atoms with Crippen LogP contribution in [0.1, 0.15) is 13.7 Å². The van der Waals surface area contributed by atoms with E-state index in [0.29, 0.717) is 22.7 Å². The summed E-state index contributed by atoms with van der Waals surface area (Å²) in [6.07, 6.45) is 0. The zero-order valence-corrected chi connectivity index (χ0v) is 34.2. The van der Waals surface area contributed by atoms with Crippen molar-refractivity contribution in [1.29, 1.82) is 0 Å². The molecule has 13 aromatic carbocycles. The summed E-state index contributed by atoms with van der Waals surface area (Å²) in [7, 11) is 0. The number of anilines is 6. The lowest BCUT2D eigenvalue weighted by Crippen LogP contribution is -2.09. The van der Waals surface area contributed by atoms with Crippen LogP contribution in [-0.4, -0.2) is 0 Å². The fourth-order valence-electron chi connectivity index (χ4n) is 9.81. The molecule has 0 aromatic heterocycles. The Labute approximate surface area is 385 Å². The highest BCUT2D eigenvalue weighted by Crippen LogP contribution is 2.46. The monoisotopic (exact) mass is 822 g/mol. The lowest BCUT2D eigenvalue weighted by molar-refractivity contribution is 1.29. The van der Waals surface area contributed by atoms with Gasteiger partial charge in [-0.25, -0.2) is 0 Å². The SMILES string of the molecule is [2H]c1c([2H])c([2H])c(N(c2ccc3ccccc3c2)c2ccc3c(c2)c2ccccc2c2cc4c5ccc(N(c6ccc7ccccc7c6)c6c([2H])c([2H])c([2H])c([2H])c6[2H])cc5c5ccccc5c4cc32)c([2H])c1[2H]. The fraction of sp³-hybridized carbons (Fsp3) is 0. The van der Waals surface area contributed by atoms with E-state index < -0.39 is 36.3 Å². The van der Waals surface area contributed by atoms with Crippen LogP contribution in [0.25, 0.3) is 86.2 Å². The van der Waals surface area contributed by atoms with Crippen LogP contribution in [0.3, 0.4) is 0 Å². The first-order valence-corrected chi connectivity index (χ1v) is 21.3. The first-order chi connectivity index (χ1) is 35.9. The normalized spacial score (nSPS) is 13.9. The first-order valence-electron chi connectivity index (χ1n) is 26.3. The van der Waals surface area contributed by atoms with Crippen molar-refractivity contribution in [3.8, 4) is 0 Å². The van der Waals surface area contributed by atoms with Gasteiger partial charge in [-0.2, -0.15) is 0 Å². The van der Waals surface area contributed by atoms with Crippen molar-refractivity contribution in [2.45, 2.75) is 0 Å². The standard InChI is InChI=1S/C62H40N2/c1-3-19-45(20-4-1)63(47-29-27-41-15-7-9-17-43(41)35-47)49-31-33-55-57(37-49)51-23-11-13-25-53(51)59-40-62-56-34-32-50(38-58(56)52-24-12-14-26-54(52)60(62)39-61(55)59)64(46-21-5-2-6-22-46)48-30-28-42-16-8-10-18-44(42)36-48/h1-40H/i1D,2D,3D,4D,5D,6D,19D,20D,21D,22D. The molecule has 0 radical (unpaired) electrons. The molecule has 0 amide bonds. The number of para-hydroxylation sites is 2. The third kappa shape index (κ3) is 5.81. The van der Waals surface area contributed by atoms with Crippen LogP contribution in [-0.2, 0) is 0 Å². The number of benzene rings is 13. The third-order valence-corrected chi connectivity index (χ3v) is 12.7. The zero-order valence-electron chi connectivity index (χ0n) is 44.2. The Morgan fingerprint density at radius 2 is 0.516 bits per heavy atom. The van der Waals surface area contributed by atoms with Gasteiger partial charge >= 0.3 is 0 Å². The number of fused-ring (bicyclic) bond motifs is 14. The van der Waals surface area contributed by atoms with Crippen LogP contribution in [0.4, 0.5) is 34.1 Å². The Morgan fingerprint density at radius 1 is 0.219 bits per heavy atom. The van der Waals surface area contributed by atoms with E-state index in [-0.39, 0.29) is 35.5 Å². The molecule has 0 saturated carbocycles. The van der Waals surface area contributed by atoms with Gasteiger partial charge in [0.05, 0.1) is 13.7 Å². The Kier molecular flexibility index (Phi) is 6.26. The molecule has 0 atom stereocenters. The molecule has 0 bridgehead atoms. The topological polar surface area (TPSA) is 6.48 Å². The van der Waals surface area contributed by atoms with Crippen molar-refractivity contribution in [3.05, 3.63) is 242 Å². The Morgan fingerprint density at radius 3 is 0.906 bits per heavy atom. The van der Waals surface area contributed by atoms with E-state index in [4.69, 9.17) is 13.7 Å². The van der Waals surface area contributed by atoms with E-state index in [1.807, 2.05) is 121 Å². The van der Waals surface area contributed by atoms with Gasteiger partial charge in [-0.05, 0) is 171 Å². The van der Waals surface area contributed by atoms with E-state index in [0.717, 1.165) is 86.2 Å². The van der Waals surface area contributed by atoms with Crippen molar-refractivity contribution in [2.24, 2.45) is 0 Å². The number of nitrogens with zero attached hydrogens (tertiary/aromatic N) is 2. The second-order valence-corrected chi connectivity index (χ2v) is 16.2. The predicted octanol–water partition coefficient (Wildman–Crippen LogP) is 17.9. The molecule has 13 aromatic rings. The third-order valence-electron chi connectivity index (χ3n) is 12.7. The quantitative estimate of drug-likeness (QED) is 0.122. The summed E-state index contributed by atoms with van der Waals surface area (Å²) >= 11 is 0. The Balaban J connectivity index is 1.06. The summed E-state index contributed by atoms with van der Waals surface area (Å²) in [5, 5.41) is 15.8. The van der Waals surface area contributed by atoms with Crippen LogP contribution < -0.4 is 9.80 Å². The van der Waals surface area contributed by atoms with Crippen LogP contribution in [0, 0.1) is 0 Å². The van der Waals surface area contributed by atoms with Gasteiger partial charge in [0.2, 0.25) is 0 Å². The van der Waals surface area contributed by atoms with E-state index in [1.54, 1.807) is 9.80 Å². The van der Waals surface area contributed by atoms with Gasteiger partial charge in [0.15, 0.2) is 0 Å². The van der Waals surface area contributed by atoms with Gasteiger partial charge in [-0.15, -0.1) is 0 Å². The van der Waals surface area contributed by atoms with Crippen molar-refractivity contribution >= 4 is 120 Å². The maximum atomic E-state index is 9.16. The van der Waals surface area contributed by atoms with Gasteiger partial charge < -0.3 is 9.80 Å². The molecule has 2 heteroatoms. The smallest absolute Gasteiger partial charge is 0.0645 e. The predicted molar refractivity (Wildman–Crippen MR) is 276 cm³/mol. The molecule has 0 aliphatic heterocycles. The average molecular weight is 823 g/mol. The largest absolute Gasteiger partial charge is 0.310 e. The van der Waals surface area contributed by atoms with Gasteiger partial charge in [-0.3, -0.25) is 0 Å². The van der Waals surface area contributed by atoms with Gasteiger partial charge in [-0.1, -0.05) is 158 Å². The minimum Gasteiger partial charge on any atom is -0.310 e. The molecular weight excluding hydrogens is 773 g/mol. The Bertz CT molecular complexity index is 4240. The second kappa shape index (κ2) is 14.6. The van der Waals surface area contributed by atoms with Crippen LogP contribution >= 0.6 is 0 Å². The molecule has 0 heterocycles. The summed E-state index contributed by atoms with van der Waals surface area (Å²) in [5.41, 5.74) is 2.66. The van der Waals surface area contributed by atoms with Crippen molar-refractivity contribution in [1.82, 2.24) is 0 Å². The summed E-state index contributed by atoms with van der Waals surface area (Å²) in [6.45, 7) is 0. The summed E-state index contributed by atoms with van der Waals surface area (Å²) in [6, 6.07) is 57.1. The second-order valence-electron chi connectivity index (χ2n) is 16.2. The van der Waals surface area contributed by atoms with E-state index >= 15 is 0 Å². The molecule has 64 heavy (non-hydrogen) atoms. The van der Waals surface area contributed by atoms with E-state index in [9.17, 15) is 0 Å². The minimum atomic E-state index is -0.456. The van der Waals surface area contributed by atoms with Gasteiger partial charge in [0.1, 0.15) is 0 Å². The Hall–Kier alpha value is -8.46. The highest BCUT2D eigenvalue weighted by molar-refractivity contribution is 6.33. The van der Waals surface area contributed by atoms with Gasteiger partial charge in [0, 0.05) is 34.1 Å². The zero-order chi connectivity index (χ0) is 50.8. The molecule has 0 spiro atoms. The van der Waals surface area contributed by atoms with Crippen molar-refractivity contribution < 1.29 is 13.7 Å². The lowest BCUT2D eigenvalue weighted by Gasteiger charge is -2.27. The molecule has 0 unspecified atom stereocenters. The highest BCUT2D eigenvalue weighted by atomic mass is 15.1. The van der Waals surface area contributed by atoms with Gasteiger partial charge in [0.25, 0.3) is 0 Å². The fourth-order valence-corrected chi connectivity index (χ4v) is 9.81. The number of rotatable bonds is 6. The molecule has 0 aliphatic rings. The summed E-state index contributed by atoms with van der Waals surface area (Å²) < 4.78 is 88.2. The van der Waals surface area contributed by atoms with Crippen LogP contribution in [0.5, 0.6) is 0 Å². The minimum absolute atomic E-state index is 0.0527. The number of hydrogen-bond acceptors (Lipinski definition) is 2. The summed E-state index contributed by atoms with van der Waals surface area (Å²) in [5.74, 6) is 0. The lowest BCUT2D eigenvalue weighted by atomic mass is 9.88. The van der Waals surface area contributed by atoms with Crippen molar-refractivity contribution in [2.75, 3.05) is 9.80 Å². The summed E-state index contributed by atoms with van der Waals surface area (Å²) in [4.78, 5) is 3.55. The van der Waals surface area contributed by atoms with Crippen LogP contribution in [0.15, 0.2) is 242 Å². The molecule has 0 fully saturated rings. The maximum absolute atomic E-state index is 9.16. The molecule has 0 saturated heterocycles. The molecule has 0 aliphatic carbocycles. The molecule has 298 valence electrons. The van der Waals surface area contributed by atoms with Crippen LogP contribution in [0.2, 0.25) is 0 Å². The van der Waals surface area contributed by atoms with E-state index in [2.05, 4.69) is 60.7 Å².